The molecule has 1 heterocycles. The van der Waals surface area contributed by atoms with E-state index >= 15 is 0 Å². The van der Waals surface area contributed by atoms with E-state index in [0.29, 0.717) is 6.04 Å². The van der Waals surface area contributed by atoms with Crippen LogP contribution in [0, 0.1) is 0 Å². The summed E-state index contributed by atoms with van der Waals surface area (Å²) in [4.78, 5) is 16.8. The van der Waals surface area contributed by atoms with Crippen LogP contribution in [0.1, 0.15) is 26.7 Å². The van der Waals surface area contributed by atoms with Crippen LogP contribution in [0.5, 0.6) is 0 Å². The van der Waals surface area contributed by atoms with Gasteiger partial charge in [0.25, 0.3) is 0 Å². The molecule has 0 aromatic carbocycles. The summed E-state index contributed by atoms with van der Waals surface area (Å²) in [6.07, 6.45) is 2.62. The minimum absolute atomic E-state index is 0.0134. The van der Waals surface area contributed by atoms with Crippen molar-refractivity contribution in [1.29, 1.82) is 0 Å². The molecule has 2 unspecified atom stereocenters. The van der Waals surface area contributed by atoms with Crippen LogP contribution in [0.2, 0.25) is 0 Å². The first-order valence-electron chi connectivity index (χ1n) is 7.54. The molecule has 1 amide bonds. The number of carbonyl (C=O) groups is 1. The first kappa shape index (κ1) is 14.8. The van der Waals surface area contributed by atoms with Crippen LogP contribution in [-0.2, 0) is 4.79 Å². The molecule has 2 N–H and O–H groups in total. The minimum atomic E-state index is -0.0134. The zero-order valence-corrected chi connectivity index (χ0v) is 12.5. The molecule has 1 saturated heterocycles. The van der Waals surface area contributed by atoms with Gasteiger partial charge in [-0.05, 0) is 33.7 Å². The Morgan fingerprint density at radius 2 is 2.00 bits per heavy atom. The maximum Gasteiger partial charge on any atom is 0.237 e. The van der Waals surface area contributed by atoms with Gasteiger partial charge < -0.3 is 10.6 Å². The van der Waals surface area contributed by atoms with Gasteiger partial charge in [-0.3, -0.25) is 14.6 Å². The Labute approximate surface area is 116 Å². The van der Waals surface area contributed by atoms with Crippen molar-refractivity contribution in [3.05, 3.63) is 0 Å². The number of nitrogens with one attached hydrogen (secondary N) is 2. The van der Waals surface area contributed by atoms with E-state index in [1.54, 1.807) is 0 Å². The van der Waals surface area contributed by atoms with Gasteiger partial charge in [0.2, 0.25) is 5.91 Å². The van der Waals surface area contributed by atoms with Crippen molar-refractivity contribution in [2.75, 3.05) is 39.8 Å². The first-order valence-corrected chi connectivity index (χ1v) is 7.54. The maximum atomic E-state index is 12.2. The average molecular weight is 268 g/mol. The molecular weight excluding hydrogens is 240 g/mol. The fourth-order valence-electron chi connectivity index (χ4n) is 2.62. The van der Waals surface area contributed by atoms with Crippen LogP contribution in [0.3, 0.4) is 0 Å². The Morgan fingerprint density at radius 3 is 2.58 bits per heavy atom. The molecule has 5 heteroatoms. The van der Waals surface area contributed by atoms with Gasteiger partial charge in [-0.15, -0.1) is 0 Å². The van der Waals surface area contributed by atoms with Crippen molar-refractivity contribution in [1.82, 2.24) is 20.4 Å². The zero-order valence-electron chi connectivity index (χ0n) is 12.5. The Kier molecular flexibility index (Phi) is 5.19. The summed E-state index contributed by atoms with van der Waals surface area (Å²) in [6, 6.07) is 1.16. The number of likely N-dealkylation sites (N-methyl/N-ethyl adjacent to an activating group) is 1. The molecule has 5 nitrogen and oxygen atoms in total. The van der Waals surface area contributed by atoms with E-state index in [0.717, 1.165) is 38.8 Å². The quantitative estimate of drug-likeness (QED) is 0.705. The van der Waals surface area contributed by atoms with Gasteiger partial charge in [-0.1, -0.05) is 0 Å². The molecule has 0 spiro atoms. The van der Waals surface area contributed by atoms with Gasteiger partial charge >= 0.3 is 0 Å². The SMILES string of the molecule is CC(C(=O)NCC(C)N(C)C1CC1)N1CCNCC1. The van der Waals surface area contributed by atoms with Gasteiger partial charge in [-0.25, -0.2) is 0 Å². The number of carbonyl (C=O) groups excluding carboxylic acids is 1. The summed E-state index contributed by atoms with van der Waals surface area (Å²) in [7, 11) is 2.16. The van der Waals surface area contributed by atoms with E-state index in [1.807, 2.05) is 6.92 Å². The predicted molar refractivity (Wildman–Crippen MR) is 77.2 cm³/mol. The number of hydrogen-bond acceptors (Lipinski definition) is 4. The van der Waals surface area contributed by atoms with Crippen molar-refractivity contribution in [3.63, 3.8) is 0 Å². The number of amides is 1. The van der Waals surface area contributed by atoms with Gasteiger partial charge in [-0.2, -0.15) is 0 Å². The van der Waals surface area contributed by atoms with Crippen LogP contribution in [0.4, 0.5) is 0 Å². The maximum absolute atomic E-state index is 12.2. The standard InChI is InChI=1S/C14H28N4O/c1-11(17(3)13-4-5-13)10-16-14(19)12(2)18-8-6-15-7-9-18/h11-13,15H,4-10H2,1-3H3,(H,16,19). The first-order chi connectivity index (χ1) is 9.09. The molecule has 2 aliphatic rings. The van der Waals surface area contributed by atoms with Crippen molar-refractivity contribution >= 4 is 5.91 Å². The molecule has 0 aromatic heterocycles. The van der Waals surface area contributed by atoms with Crippen LogP contribution in [0.15, 0.2) is 0 Å². The van der Waals surface area contributed by atoms with Crippen molar-refractivity contribution in [2.45, 2.75) is 44.8 Å². The van der Waals surface area contributed by atoms with E-state index in [-0.39, 0.29) is 11.9 Å². The Balaban J connectivity index is 1.70. The molecule has 0 radical (unpaired) electrons. The summed E-state index contributed by atoms with van der Waals surface area (Å²) < 4.78 is 0. The molecule has 0 bridgehead atoms. The fourth-order valence-corrected chi connectivity index (χ4v) is 2.62. The molecule has 2 fully saturated rings. The highest BCUT2D eigenvalue weighted by Crippen LogP contribution is 2.26. The molecule has 0 aromatic rings. The molecule has 2 rings (SSSR count). The lowest BCUT2D eigenvalue weighted by Gasteiger charge is -2.32. The van der Waals surface area contributed by atoms with Crippen LogP contribution in [-0.4, -0.2) is 73.6 Å². The smallest absolute Gasteiger partial charge is 0.237 e. The highest BCUT2D eigenvalue weighted by Gasteiger charge is 2.29. The van der Waals surface area contributed by atoms with E-state index in [4.69, 9.17) is 0 Å². The largest absolute Gasteiger partial charge is 0.353 e. The van der Waals surface area contributed by atoms with Crippen molar-refractivity contribution < 1.29 is 4.79 Å². The van der Waals surface area contributed by atoms with Gasteiger partial charge in [0.15, 0.2) is 0 Å². The molecular formula is C14H28N4O. The Hall–Kier alpha value is -0.650. The lowest BCUT2D eigenvalue weighted by Crippen LogP contribution is -2.53. The van der Waals surface area contributed by atoms with E-state index < -0.39 is 0 Å². The van der Waals surface area contributed by atoms with Gasteiger partial charge in [0.1, 0.15) is 0 Å². The van der Waals surface area contributed by atoms with Crippen LogP contribution in [0.25, 0.3) is 0 Å². The highest BCUT2D eigenvalue weighted by molar-refractivity contribution is 5.81. The second kappa shape index (κ2) is 6.68. The van der Waals surface area contributed by atoms with E-state index in [2.05, 4.69) is 34.4 Å². The topological polar surface area (TPSA) is 47.6 Å². The molecule has 110 valence electrons. The summed E-state index contributed by atoms with van der Waals surface area (Å²) in [5.41, 5.74) is 0. The second-order valence-corrected chi connectivity index (χ2v) is 5.95. The van der Waals surface area contributed by atoms with E-state index in [1.165, 1.54) is 12.8 Å². The molecule has 1 saturated carbocycles. The number of hydrogen-bond donors (Lipinski definition) is 2. The monoisotopic (exact) mass is 268 g/mol. The molecule has 19 heavy (non-hydrogen) atoms. The molecule has 1 aliphatic carbocycles. The van der Waals surface area contributed by atoms with Crippen LogP contribution < -0.4 is 10.6 Å². The fraction of sp³-hybridized carbons (Fsp3) is 0.929. The molecule has 1 aliphatic heterocycles. The third-order valence-corrected chi connectivity index (χ3v) is 4.47. The minimum Gasteiger partial charge on any atom is -0.353 e. The lowest BCUT2D eigenvalue weighted by molar-refractivity contribution is -0.126. The summed E-state index contributed by atoms with van der Waals surface area (Å²) in [6.45, 7) is 8.85. The van der Waals surface area contributed by atoms with Crippen LogP contribution >= 0.6 is 0 Å². The normalized spacial score (nSPS) is 24.2. The third-order valence-electron chi connectivity index (χ3n) is 4.47. The highest BCUT2D eigenvalue weighted by atomic mass is 16.2. The third kappa shape index (κ3) is 4.16. The Bertz CT molecular complexity index is 300. The Morgan fingerprint density at radius 1 is 1.37 bits per heavy atom. The van der Waals surface area contributed by atoms with Gasteiger partial charge in [0, 0.05) is 44.8 Å². The average Bonchev–Trinajstić information content (AvgIpc) is 3.28. The summed E-state index contributed by atoms with van der Waals surface area (Å²) >= 11 is 0. The molecule has 2 atom stereocenters. The predicted octanol–water partition coefficient (Wildman–Crippen LogP) is -0.121. The number of nitrogens with zero attached hydrogens (tertiary/aromatic N) is 2. The number of piperazine rings is 1. The van der Waals surface area contributed by atoms with E-state index in [9.17, 15) is 4.79 Å². The van der Waals surface area contributed by atoms with Crippen molar-refractivity contribution in [2.24, 2.45) is 0 Å². The summed E-state index contributed by atoms with van der Waals surface area (Å²) in [5, 5.41) is 6.41. The lowest BCUT2D eigenvalue weighted by atomic mass is 10.2. The number of rotatable bonds is 6. The second-order valence-electron chi connectivity index (χ2n) is 5.95. The zero-order chi connectivity index (χ0) is 13.8. The van der Waals surface area contributed by atoms with Crippen molar-refractivity contribution in [3.8, 4) is 0 Å². The van der Waals surface area contributed by atoms with Gasteiger partial charge in [0.05, 0.1) is 6.04 Å². The summed E-state index contributed by atoms with van der Waals surface area (Å²) in [5.74, 6) is 0.165.